The lowest BCUT2D eigenvalue weighted by atomic mass is 10.4. The molecule has 0 unspecified atom stereocenters. The van der Waals surface area contributed by atoms with Crippen molar-refractivity contribution in [2.45, 2.75) is 0 Å². The molecule has 0 radical (unpaired) electrons. The summed E-state index contributed by atoms with van der Waals surface area (Å²) in [4.78, 5) is 2.09. The number of rotatable bonds is 0. The highest BCUT2D eigenvalue weighted by molar-refractivity contribution is 5.01. The quantitative estimate of drug-likeness (QED) is 0.377. The average molecular weight is 174 g/mol. The Morgan fingerprint density at radius 2 is 2.38 bits per heavy atom. The van der Waals surface area contributed by atoms with Gasteiger partial charge < -0.3 is 21.9 Å². The molecule has 8 heavy (non-hydrogen) atoms. The van der Waals surface area contributed by atoms with E-state index in [0.29, 0.717) is 0 Å². The van der Waals surface area contributed by atoms with Crippen molar-refractivity contribution in [2.24, 2.45) is 0 Å². The Labute approximate surface area is 60.5 Å². The van der Waals surface area contributed by atoms with Crippen molar-refractivity contribution < 1.29 is 17.0 Å². The van der Waals surface area contributed by atoms with Gasteiger partial charge in [0.2, 0.25) is 0 Å². The Balaban J connectivity index is 0.000000490. The molecule has 0 aliphatic carbocycles. The van der Waals surface area contributed by atoms with Crippen LogP contribution in [0.4, 0.5) is 0 Å². The lowest BCUT2D eigenvalue weighted by Gasteiger charge is -2.02. The van der Waals surface area contributed by atoms with Gasteiger partial charge in [-0.05, 0) is 0 Å². The topological polar surface area (TPSA) is 3.24 Å². The van der Waals surface area contributed by atoms with E-state index < -0.39 is 0 Å². The zero-order valence-electron chi connectivity index (χ0n) is 4.76. The summed E-state index contributed by atoms with van der Waals surface area (Å²) in [5, 5.41) is 0. The summed E-state index contributed by atoms with van der Waals surface area (Å²) in [6, 6.07) is 0. The van der Waals surface area contributed by atoms with Crippen molar-refractivity contribution >= 4 is 0 Å². The fraction of sp³-hybridized carbons (Fsp3) is 0.333. The second-order valence-corrected chi connectivity index (χ2v) is 1.63. The Morgan fingerprint density at radius 1 is 1.62 bits per heavy atom. The number of hydrogen-bond donors (Lipinski definition) is 0. The van der Waals surface area contributed by atoms with E-state index >= 15 is 0 Å². The lowest BCUT2D eigenvalue weighted by Crippen LogP contribution is -3.00. The first-order valence-electron chi connectivity index (χ1n) is 2.34. The highest BCUT2D eigenvalue weighted by Crippen LogP contribution is 1.90. The maximum Gasteiger partial charge on any atom is 0.176 e. The molecule has 1 heterocycles. The summed E-state index contributed by atoms with van der Waals surface area (Å²) in [5.41, 5.74) is 0. The smallest absolute Gasteiger partial charge is 0.176 e. The van der Waals surface area contributed by atoms with Gasteiger partial charge in [0.1, 0.15) is 6.20 Å². The first-order valence-corrected chi connectivity index (χ1v) is 2.34. The summed E-state index contributed by atoms with van der Waals surface area (Å²) in [6.07, 6.45) is 8.87. The molecule has 2 heteroatoms. The molecule has 0 amide bonds. The fourth-order valence-electron chi connectivity index (χ4n) is 0.496. The SMILES string of the molecule is CN1C=C[C+]=CC1.[Br-]. The van der Waals surface area contributed by atoms with Crippen molar-refractivity contribution in [2.75, 3.05) is 13.6 Å². The van der Waals surface area contributed by atoms with Gasteiger partial charge in [0.25, 0.3) is 0 Å². The van der Waals surface area contributed by atoms with Crippen molar-refractivity contribution in [3.63, 3.8) is 0 Å². The van der Waals surface area contributed by atoms with Gasteiger partial charge in [-0.25, -0.2) is 0 Å². The lowest BCUT2D eigenvalue weighted by molar-refractivity contribution is -0.00000147. The molecular formula is C6H8BrN. The molecule has 0 fully saturated rings. The third kappa shape index (κ3) is 2.10. The minimum Gasteiger partial charge on any atom is -1.00 e. The molecule has 0 N–H and O–H groups in total. The number of halogens is 1. The number of allylic oxidation sites excluding steroid dienone is 2. The summed E-state index contributed by atoms with van der Waals surface area (Å²) >= 11 is 0. The number of likely N-dealkylation sites (N-methyl/N-ethyl adjacent to an activating group) is 1. The predicted octanol–water partition coefficient (Wildman–Crippen LogP) is -2.19. The molecule has 0 aromatic heterocycles. The minimum atomic E-state index is 0. The van der Waals surface area contributed by atoms with Gasteiger partial charge in [0, 0.05) is 7.05 Å². The molecule has 0 aromatic rings. The van der Waals surface area contributed by atoms with Gasteiger partial charge in [-0.15, -0.1) is 0 Å². The van der Waals surface area contributed by atoms with Crippen LogP contribution in [0.2, 0.25) is 0 Å². The Kier molecular flexibility index (Phi) is 3.49. The molecule has 1 aliphatic heterocycles. The molecule has 0 bridgehead atoms. The fourth-order valence-corrected chi connectivity index (χ4v) is 0.496. The summed E-state index contributed by atoms with van der Waals surface area (Å²) in [5.74, 6) is 0. The first-order chi connectivity index (χ1) is 3.39. The molecular weight excluding hydrogens is 166 g/mol. The van der Waals surface area contributed by atoms with Crippen molar-refractivity contribution in [3.05, 3.63) is 24.4 Å². The Hall–Kier alpha value is -0.330. The zero-order chi connectivity index (χ0) is 5.11. The van der Waals surface area contributed by atoms with Crippen LogP contribution < -0.4 is 17.0 Å². The van der Waals surface area contributed by atoms with Crippen molar-refractivity contribution in [1.82, 2.24) is 4.90 Å². The first kappa shape index (κ1) is 7.67. The van der Waals surface area contributed by atoms with Crippen molar-refractivity contribution in [1.29, 1.82) is 0 Å². The molecule has 1 aliphatic rings. The van der Waals surface area contributed by atoms with Crippen LogP contribution in [-0.4, -0.2) is 18.5 Å². The third-order valence-electron chi connectivity index (χ3n) is 0.922. The van der Waals surface area contributed by atoms with E-state index in [9.17, 15) is 0 Å². The Morgan fingerprint density at radius 3 is 2.62 bits per heavy atom. The number of hydrogen-bond acceptors (Lipinski definition) is 1. The second kappa shape index (κ2) is 3.65. The third-order valence-corrected chi connectivity index (χ3v) is 0.922. The largest absolute Gasteiger partial charge is 1.00 e. The van der Waals surface area contributed by atoms with E-state index in [1.165, 1.54) is 0 Å². The summed E-state index contributed by atoms with van der Waals surface area (Å²) in [7, 11) is 2.04. The molecule has 0 saturated heterocycles. The Bertz CT molecular complexity index is 107. The normalized spacial score (nSPS) is 14.9. The van der Waals surface area contributed by atoms with E-state index in [4.69, 9.17) is 0 Å². The molecule has 0 atom stereocenters. The van der Waals surface area contributed by atoms with Crippen LogP contribution in [0.15, 0.2) is 18.4 Å². The van der Waals surface area contributed by atoms with E-state index in [1.807, 2.05) is 25.4 Å². The molecule has 1 nitrogen and oxygen atoms in total. The van der Waals surface area contributed by atoms with Gasteiger partial charge >= 0.3 is 0 Å². The van der Waals surface area contributed by atoms with Crippen molar-refractivity contribution in [3.8, 4) is 0 Å². The van der Waals surface area contributed by atoms with E-state index in [-0.39, 0.29) is 17.0 Å². The van der Waals surface area contributed by atoms with E-state index in [1.54, 1.807) is 0 Å². The monoisotopic (exact) mass is 173 g/mol. The van der Waals surface area contributed by atoms with Crippen LogP contribution in [-0.2, 0) is 0 Å². The van der Waals surface area contributed by atoms with Gasteiger partial charge in [0.15, 0.2) is 6.08 Å². The predicted molar refractivity (Wildman–Crippen MR) is 29.6 cm³/mol. The van der Waals surface area contributed by atoms with Crippen LogP contribution in [0.5, 0.6) is 0 Å². The molecule has 1 rings (SSSR count). The van der Waals surface area contributed by atoms with Crippen LogP contribution in [0.3, 0.4) is 0 Å². The van der Waals surface area contributed by atoms with Gasteiger partial charge in [-0.3, -0.25) is 0 Å². The van der Waals surface area contributed by atoms with Gasteiger partial charge in [0.05, 0.1) is 18.7 Å². The van der Waals surface area contributed by atoms with Crippen LogP contribution in [0.1, 0.15) is 0 Å². The summed E-state index contributed by atoms with van der Waals surface area (Å²) < 4.78 is 0. The average Bonchev–Trinajstić information content (AvgIpc) is 1.69. The highest BCUT2D eigenvalue weighted by Gasteiger charge is 1.96. The number of nitrogens with zero attached hydrogens (tertiary/aromatic N) is 1. The molecule has 0 spiro atoms. The second-order valence-electron chi connectivity index (χ2n) is 1.63. The highest BCUT2D eigenvalue weighted by atomic mass is 79.9. The maximum atomic E-state index is 2.97. The zero-order valence-corrected chi connectivity index (χ0v) is 6.35. The molecule has 0 saturated carbocycles. The van der Waals surface area contributed by atoms with Crippen LogP contribution in [0, 0.1) is 6.08 Å². The van der Waals surface area contributed by atoms with Gasteiger partial charge in [-0.2, -0.15) is 0 Å². The minimum absolute atomic E-state index is 0. The van der Waals surface area contributed by atoms with E-state index in [0.717, 1.165) is 6.54 Å². The summed E-state index contributed by atoms with van der Waals surface area (Å²) in [6.45, 7) is 0.997. The molecule has 0 aromatic carbocycles. The molecule has 44 valence electrons. The van der Waals surface area contributed by atoms with E-state index in [2.05, 4.69) is 11.0 Å². The van der Waals surface area contributed by atoms with Crippen LogP contribution >= 0.6 is 0 Å². The van der Waals surface area contributed by atoms with Gasteiger partial charge in [-0.1, -0.05) is 0 Å². The van der Waals surface area contributed by atoms with Crippen LogP contribution in [0.25, 0.3) is 0 Å². The maximum absolute atomic E-state index is 2.97. The standard InChI is InChI=1S/C6H8N.BrH/c1-7-5-3-2-4-6-7;/h3-5H,6H2,1H3;1H/q+1;/p-1.